The maximum atomic E-state index is 9.50. The van der Waals surface area contributed by atoms with Crippen LogP contribution in [0.1, 0.15) is 26.3 Å². The zero-order valence-electron chi connectivity index (χ0n) is 9.07. The van der Waals surface area contributed by atoms with Crippen LogP contribution in [0.5, 0.6) is 0 Å². The summed E-state index contributed by atoms with van der Waals surface area (Å²) in [7, 11) is 0. The Hall–Kier alpha value is -1.16. The van der Waals surface area contributed by atoms with Crippen LogP contribution in [0.2, 0.25) is 0 Å². The molecule has 0 aliphatic heterocycles. The minimum absolute atomic E-state index is 0.400. The minimum atomic E-state index is -0.454. The van der Waals surface area contributed by atoms with Crippen LogP contribution in [0.4, 0.5) is 5.82 Å². The van der Waals surface area contributed by atoms with Gasteiger partial charge in [-0.05, 0) is 39.3 Å². The fourth-order valence-electron chi connectivity index (χ4n) is 0.960. The van der Waals surface area contributed by atoms with Crippen LogP contribution < -0.4 is 5.32 Å². The summed E-state index contributed by atoms with van der Waals surface area (Å²) in [6.07, 6.45) is 1.24. The molecule has 4 nitrogen and oxygen atoms in total. The molecule has 0 fully saturated rings. The summed E-state index contributed by atoms with van der Waals surface area (Å²) in [5, 5.41) is 20.4. The van der Waals surface area contributed by atoms with Crippen molar-refractivity contribution in [3.8, 4) is 0 Å². The van der Waals surface area contributed by atoms with Crippen LogP contribution in [0.15, 0.2) is 12.3 Å². The number of hydrogen-bond donors (Lipinski definition) is 2. The van der Waals surface area contributed by atoms with Gasteiger partial charge in [-0.15, -0.1) is 5.10 Å². The summed E-state index contributed by atoms with van der Waals surface area (Å²) in [6.45, 7) is 7.54. The number of anilines is 1. The first-order chi connectivity index (χ1) is 6.42. The van der Waals surface area contributed by atoms with Gasteiger partial charge in [-0.3, -0.25) is 0 Å². The molecular formula is C10H17N3O. The van der Waals surface area contributed by atoms with E-state index in [2.05, 4.69) is 15.5 Å². The molecule has 0 saturated carbocycles. The van der Waals surface area contributed by atoms with Crippen LogP contribution in [0.3, 0.4) is 0 Å². The quantitative estimate of drug-likeness (QED) is 0.764. The molecule has 0 spiro atoms. The van der Waals surface area contributed by atoms with Gasteiger partial charge < -0.3 is 10.4 Å². The molecule has 14 heavy (non-hydrogen) atoms. The Morgan fingerprint density at radius 1 is 1.50 bits per heavy atom. The normalized spacial score (nSPS) is 13.8. The lowest BCUT2D eigenvalue weighted by atomic mass is 9.99. The van der Waals surface area contributed by atoms with Gasteiger partial charge >= 0.3 is 0 Å². The van der Waals surface area contributed by atoms with E-state index in [-0.39, 0.29) is 0 Å². The molecule has 1 aromatic heterocycles. The Labute approximate surface area is 84.4 Å². The first-order valence-electron chi connectivity index (χ1n) is 4.67. The molecular weight excluding hydrogens is 178 g/mol. The first kappa shape index (κ1) is 10.9. The van der Waals surface area contributed by atoms with E-state index in [4.69, 9.17) is 0 Å². The summed E-state index contributed by atoms with van der Waals surface area (Å²) in [5.74, 6) is 0.691. The van der Waals surface area contributed by atoms with Gasteiger partial charge in [0.15, 0.2) is 0 Å². The van der Waals surface area contributed by atoms with Crippen molar-refractivity contribution < 1.29 is 5.11 Å². The summed E-state index contributed by atoms with van der Waals surface area (Å²) < 4.78 is 0. The second-order valence-electron chi connectivity index (χ2n) is 4.14. The lowest BCUT2D eigenvalue weighted by Crippen LogP contribution is -2.42. The summed E-state index contributed by atoms with van der Waals surface area (Å²) in [6, 6.07) is 1.90. The molecule has 0 aliphatic rings. The first-order valence-corrected chi connectivity index (χ1v) is 4.67. The van der Waals surface area contributed by atoms with Crippen molar-refractivity contribution in [1.82, 2.24) is 10.2 Å². The maximum Gasteiger partial charge on any atom is 0.149 e. The average Bonchev–Trinajstić information content (AvgIpc) is 2.02. The summed E-state index contributed by atoms with van der Waals surface area (Å²) in [4.78, 5) is 0. The molecule has 78 valence electrons. The molecule has 1 aromatic rings. The SMILES string of the molecule is Cc1cnnc(NC(C)(C)C(C)O)c1. The topological polar surface area (TPSA) is 58.0 Å². The van der Waals surface area contributed by atoms with E-state index in [0.717, 1.165) is 5.56 Å². The number of nitrogens with one attached hydrogen (secondary N) is 1. The number of rotatable bonds is 3. The van der Waals surface area contributed by atoms with E-state index < -0.39 is 11.6 Å². The molecule has 0 aromatic carbocycles. The summed E-state index contributed by atoms with van der Waals surface area (Å²) >= 11 is 0. The zero-order valence-corrected chi connectivity index (χ0v) is 9.07. The third-order valence-electron chi connectivity index (χ3n) is 2.29. The Balaban J connectivity index is 2.78. The number of aromatic nitrogens is 2. The van der Waals surface area contributed by atoms with Crippen molar-refractivity contribution >= 4 is 5.82 Å². The Morgan fingerprint density at radius 2 is 2.14 bits per heavy atom. The van der Waals surface area contributed by atoms with Gasteiger partial charge in [-0.25, -0.2) is 0 Å². The van der Waals surface area contributed by atoms with Crippen LogP contribution >= 0.6 is 0 Å². The molecule has 0 radical (unpaired) electrons. The second-order valence-corrected chi connectivity index (χ2v) is 4.14. The van der Waals surface area contributed by atoms with Crippen LogP contribution in [-0.2, 0) is 0 Å². The van der Waals surface area contributed by atoms with E-state index in [9.17, 15) is 5.11 Å². The minimum Gasteiger partial charge on any atom is -0.391 e. The molecule has 0 amide bonds. The molecule has 0 aliphatic carbocycles. The van der Waals surface area contributed by atoms with Gasteiger partial charge in [0.2, 0.25) is 0 Å². The van der Waals surface area contributed by atoms with Crippen LogP contribution in [-0.4, -0.2) is 26.9 Å². The van der Waals surface area contributed by atoms with Gasteiger partial charge in [-0.2, -0.15) is 5.10 Å². The fourth-order valence-corrected chi connectivity index (χ4v) is 0.960. The second kappa shape index (κ2) is 3.92. The highest BCUT2D eigenvalue weighted by Gasteiger charge is 2.24. The van der Waals surface area contributed by atoms with Crippen molar-refractivity contribution in [1.29, 1.82) is 0 Å². The molecule has 4 heteroatoms. The Kier molecular flexibility index (Phi) is 3.06. The fraction of sp³-hybridized carbons (Fsp3) is 0.600. The van der Waals surface area contributed by atoms with Crippen molar-refractivity contribution in [3.63, 3.8) is 0 Å². The van der Waals surface area contributed by atoms with Crippen molar-refractivity contribution in [2.75, 3.05) is 5.32 Å². The molecule has 1 heterocycles. The van der Waals surface area contributed by atoms with Crippen LogP contribution in [0, 0.1) is 6.92 Å². The maximum absolute atomic E-state index is 9.50. The lowest BCUT2D eigenvalue weighted by molar-refractivity contribution is 0.133. The number of nitrogens with zero attached hydrogens (tertiary/aromatic N) is 2. The van der Waals surface area contributed by atoms with E-state index in [1.807, 2.05) is 26.8 Å². The number of hydrogen-bond acceptors (Lipinski definition) is 4. The van der Waals surface area contributed by atoms with Crippen molar-refractivity contribution in [3.05, 3.63) is 17.8 Å². The van der Waals surface area contributed by atoms with E-state index in [1.54, 1.807) is 13.1 Å². The van der Waals surface area contributed by atoms with Gasteiger partial charge in [0.1, 0.15) is 5.82 Å². The van der Waals surface area contributed by atoms with E-state index in [0.29, 0.717) is 5.82 Å². The highest BCUT2D eigenvalue weighted by atomic mass is 16.3. The summed E-state index contributed by atoms with van der Waals surface area (Å²) in [5.41, 5.74) is 0.645. The van der Waals surface area contributed by atoms with Gasteiger partial charge in [0.05, 0.1) is 17.8 Å². The number of aryl methyl sites for hydroxylation is 1. The third kappa shape index (κ3) is 2.67. The molecule has 1 unspecified atom stereocenters. The van der Waals surface area contributed by atoms with Gasteiger partial charge in [-0.1, -0.05) is 0 Å². The predicted octanol–water partition coefficient (Wildman–Crippen LogP) is 1.36. The molecule has 0 bridgehead atoms. The smallest absolute Gasteiger partial charge is 0.149 e. The van der Waals surface area contributed by atoms with Gasteiger partial charge in [0.25, 0.3) is 0 Å². The Morgan fingerprint density at radius 3 is 2.64 bits per heavy atom. The molecule has 1 atom stereocenters. The van der Waals surface area contributed by atoms with Crippen molar-refractivity contribution in [2.24, 2.45) is 0 Å². The molecule has 1 rings (SSSR count). The predicted molar refractivity (Wildman–Crippen MR) is 56.2 cm³/mol. The zero-order chi connectivity index (χ0) is 10.8. The highest BCUT2D eigenvalue weighted by molar-refractivity contribution is 5.38. The highest BCUT2D eigenvalue weighted by Crippen LogP contribution is 2.16. The van der Waals surface area contributed by atoms with Crippen molar-refractivity contribution in [2.45, 2.75) is 39.3 Å². The third-order valence-corrected chi connectivity index (χ3v) is 2.29. The molecule has 0 saturated heterocycles. The van der Waals surface area contributed by atoms with E-state index in [1.165, 1.54) is 0 Å². The number of aliphatic hydroxyl groups is 1. The lowest BCUT2D eigenvalue weighted by Gasteiger charge is -2.29. The number of aliphatic hydroxyl groups excluding tert-OH is 1. The monoisotopic (exact) mass is 195 g/mol. The van der Waals surface area contributed by atoms with Gasteiger partial charge in [0, 0.05) is 0 Å². The molecule has 2 N–H and O–H groups in total. The standard InChI is InChI=1S/C10H17N3O/c1-7-5-9(13-11-6-7)12-10(3,4)8(2)14/h5-6,8,14H,1-4H3,(H,12,13). The van der Waals surface area contributed by atoms with E-state index >= 15 is 0 Å². The average molecular weight is 195 g/mol. The Bertz CT molecular complexity index is 310. The largest absolute Gasteiger partial charge is 0.391 e. The van der Waals surface area contributed by atoms with Crippen LogP contribution in [0.25, 0.3) is 0 Å².